The SMILES string of the molecule is Cc1cc(C(N)=O)ccc1-n1c2cc(C(=O)O)ccc2c2ccc(-n3ccnc3)cc21. The van der Waals surface area contributed by atoms with Gasteiger partial charge in [0.25, 0.3) is 0 Å². The number of nitrogens with zero attached hydrogens (tertiary/aromatic N) is 3. The van der Waals surface area contributed by atoms with Crippen LogP contribution in [0.1, 0.15) is 26.3 Å². The molecule has 0 unspecified atom stereocenters. The van der Waals surface area contributed by atoms with Gasteiger partial charge >= 0.3 is 5.97 Å². The maximum absolute atomic E-state index is 11.6. The molecule has 152 valence electrons. The Morgan fingerprint density at radius 1 is 0.935 bits per heavy atom. The number of fused-ring (bicyclic) bond motifs is 3. The highest BCUT2D eigenvalue weighted by molar-refractivity contribution is 6.11. The van der Waals surface area contributed by atoms with Gasteiger partial charge in [0.05, 0.1) is 22.9 Å². The van der Waals surface area contributed by atoms with Gasteiger partial charge in [0.1, 0.15) is 0 Å². The number of hydrogen-bond donors (Lipinski definition) is 2. The van der Waals surface area contributed by atoms with Gasteiger partial charge in [-0.1, -0.05) is 12.1 Å². The highest BCUT2D eigenvalue weighted by Gasteiger charge is 2.17. The average Bonchev–Trinajstić information content (AvgIpc) is 3.39. The summed E-state index contributed by atoms with van der Waals surface area (Å²) in [6.45, 7) is 1.90. The third-order valence-corrected chi connectivity index (χ3v) is 5.52. The Labute approximate surface area is 177 Å². The van der Waals surface area contributed by atoms with Crippen molar-refractivity contribution in [2.75, 3.05) is 0 Å². The summed E-state index contributed by atoms with van der Waals surface area (Å²) >= 11 is 0. The maximum atomic E-state index is 11.6. The lowest BCUT2D eigenvalue weighted by molar-refractivity contribution is 0.0696. The Balaban J connectivity index is 1.88. The first-order chi connectivity index (χ1) is 14.9. The summed E-state index contributed by atoms with van der Waals surface area (Å²) in [5, 5.41) is 11.5. The molecule has 3 N–H and O–H groups in total. The molecule has 0 radical (unpaired) electrons. The Bertz CT molecular complexity index is 1500. The number of carboxylic acid groups (broad SMARTS) is 1. The van der Waals surface area contributed by atoms with Crippen molar-refractivity contribution in [3.8, 4) is 11.4 Å². The van der Waals surface area contributed by atoms with E-state index in [0.717, 1.165) is 38.7 Å². The molecule has 7 nitrogen and oxygen atoms in total. The van der Waals surface area contributed by atoms with E-state index < -0.39 is 11.9 Å². The zero-order valence-electron chi connectivity index (χ0n) is 16.6. The number of rotatable bonds is 4. The minimum atomic E-state index is -0.987. The zero-order chi connectivity index (χ0) is 21.7. The fourth-order valence-electron chi connectivity index (χ4n) is 4.03. The lowest BCUT2D eigenvalue weighted by Crippen LogP contribution is -2.11. The number of aromatic carboxylic acids is 1. The van der Waals surface area contributed by atoms with Crippen LogP contribution in [0, 0.1) is 6.92 Å². The van der Waals surface area contributed by atoms with Crippen molar-refractivity contribution in [3.05, 3.63) is 90.0 Å². The highest BCUT2D eigenvalue weighted by Crippen LogP contribution is 2.35. The van der Waals surface area contributed by atoms with E-state index in [1.165, 1.54) is 0 Å². The van der Waals surface area contributed by atoms with E-state index in [4.69, 9.17) is 5.73 Å². The van der Waals surface area contributed by atoms with Crippen LogP contribution in [0.25, 0.3) is 33.2 Å². The first-order valence-electron chi connectivity index (χ1n) is 9.65. The number of carbonyl (C=O) groups excluding carboxylic acids is 1. The van der Waals surface area contributed by atoms with E-state index in [0.29, 0.717) is 5.56 Å². The molecule has 0 atom stereocenters. The van der Waals surface area contributed by atoms with Gasteiger partial charge < -0.3 is 20.0 Å². The third-order valence-electron chi connectivity index (χ3n) is 5.52. The van der Waals surface area contributed by atoms with Crippen LogP contribution in [-0.4, -0.2) is 31.1 Å². The summed E-state index contributed by atoms with van der Waals surface area (Å²) < 4.78 is 3.94. The summed E-state index contributed by atoms with van der Waals surface area (Å²) in [5.41, 5.74) is 10.4. The summed E-state index contributed by atoms with van der Waals surface area (Å²) in [6, 6.07) is 16.5. The van der Waals surface area contributed by atoms with Crippen LogP contribution in [0.15, 0.2) is 73.3 Å². The molecular weight excluding hydrogens is 392 g/mol. The van der Waals surface area contributed by atoms with Crippen molar-refractivity contribution < 1.29 is 14.7 Å². The molecule has 0 aliphatic rings. The van der Waals surface area contributed by atoms with E-state index in [1.807, 2.05) is 52.6 Å². The van der Waals surface area contributed by atoms with E-state index in [2.05, 4.69) is 4.98 Å². The van der Waals surface area contributed by atoms with Gasteiger partial charge in [-0.2, -0.15) is 0 Å². The molecule has 0 fully saturated rings. The second kappa shape index (κ2) is 6.84. The molecule has 0 saturated carbocycles. The van der Waals surface area contributed by atoms with Crippen LogP contribution in [0.2, 0.25) is 0 Å². The summed E-state index contributed by atoms with van der Waals surface area (Å²) in [5.74, 6) is -1.48. The molecule has 3 aromatic carbocycles. The average molecular weight is 410 g/mol. The third kappa shape index (κ3) is 2.95. The molecule has 0 saturated heterocycles. The van der Waals surface area contributed by atoms with Crippen LogP contribution < -0.4 is 5.73 Å². The maximum Gasteiger partial charge on any atom is 0.335 e. The molecular formula is C24H18N4O3. The predicted octanol–water partition coefficient (Wildman–Crippen LogP) is 4.07. The number of benzene rings is 3. The number of aryl methyl sites for hydroxylation is 1. The van der Waals surface area contributed by atoms with Gasteiger partial charge in [0.15, 0.2) is 0 Å². The summed E-state index contributed by atoms with van der Waals surface area (Å²) in [6.07, 6.45) is 5.30. The smallest absolute Gasteiger partial charge is 0.335 e. The summed E-state index contributed by atoms with van der Waals surface area (Å²) in [7, 11) is 0. The van der Waals surface area contributed by atoms with E-state index in [1.54, 1.807) is 36.8 Å². The first-order valence-corrected chi connectivity index (χ1v) is 9.65. The molecule has 5 aromatic rings. The Morgan fingerprint density at radius 2 is 1.65 bits per heavy atom. The topological polar surface area (TPSA) is 103 Å². The van der Waals surface area contributed by atoms with Crippen LogP contribution in [0.4, 0.5) is 0 Å². The molecule has 2 aromatic heterocycles. The number of carboxylic acids is 1. The number of imidazole rings is 1. The van der Waals surface area contributed by atoms with Gasteiger partial charge in [-0.15, -0.1) is 0 Å². The lowest BCUT2D eigenvalue weighted by atomic mass is 10.1. The monoisotopic (exact) mass is 410 g/mol. The van der Waals surface area contributed by atoms with Gasteiger partial charge in [0, 0.05) is 40.1 Å². The number of aromatic nitrogens is 3. The fourth-order valence-corrected chi connectivity index (χ4v) is 4.03. The minimum absolute atomic E-state index is 0.206. The molecule has 1 amide bonds. The largest absolute Gasteiger partial charge is 0.478 e. The number of primary amides is 1. The Kier molecular flexibility index (Phi) is 4.11. The molecule has 0 bridgehead atoms. The van der Waals surface area contributed by atoms with Gasteiger partial charge in [-0.05, 0) is 55.0 Å². The fraction of sp³-hybridized carbons (Fsp3) is 0.0417. The van der Waals surface area contributed by atoms with Gasteiger partial charge in [0.2, 0.25) is 5.91 Å². The van der Waals surface area contributed by atoms with Crippen molar-refractivity contribution in [1.29, 1.82) is 0 Å². The number of amides is 1. The molecule has 7 heteroatoms. The minimum Gasteiger partial charge on any atom is -0.478 e. The van der Waals surface area contributed by atoms with Crippen LogP contribution in [0.5, 0.6) is 0 Å². The molecule has 0 aliphatic heterocycles. The number of hydrogen-bond acceptors (Lipinski definition) is 3. The van der Waals surface area contributed by atoms with Gasteiger partial charge in [-0.3, -0.25) is 4.79 Å². The van der Waals surface area contributed by atoms with Crippen molar-refractivity contribution in [2.24, 2.45) is 5.73 Å². The number of nitrogens with two attached hydrogens (primary N) is 1. The van der Waals surface area contributed by atoms with E-state index in [9.17, 15) is 14.7 Å². The van der Waals surface area contributed by atoms with Crippen molar-refractivity contribution in [3.63, 3.8) is 0 Å². The molecule has 0 spiro atoms. The first kappa shape index (κ1) is 18.6. The number of carbonyl (C=O) groups is 2. The van der Waals surface area contributed by atoms with Crippen molar-refractivity contribution in [2.45, 2.75) is 6.92 Å². The standard InChI is InChI=1S/C24H18N4O3/c1-14-10-15(23(25)29)3-7-20(14)28-21-11-16(24(30)31)2-5-18(21)19-6-4-17(12-22(19)28)27-9-8-26-13-27/h2-13H,1H3,(H2,25,29)(H,30,31). The molecule has 5 rings (SSSR count). The Hall–Kier alpha value is -4.39. The quantitative estimate of drug-likeness (QED) is 0.466. The van der Waals surface area contributed by atoms with Crippen molar-refractivity contribution in [1.82, 2.24) is 14.1 Å². The van der Waals surface area contributed by atoms with Crippen LogP contribution in [-0.2, 0) is 0 Å². The van der Waals surface area contributed by atoms with E-state index >= 15 is 0 Å². The second-order valence-electron chi connectivity index (χ2n) is 7.41. The Morgan fingerprint density at radius 3 is 2.29 bits per heavy atom. The van der Waals surface area contributed by atoms with Crippen LogP contribution >= 0.6 is 0 Å². The van der Waals surface area contributed by atoms with Crippen molar-refractivity contribution >= 4 is 33.7 Å². The molecule has 31 heavy (non-hydrogen) atoms. The zero-order valence-corrected chi connectivity index (χ0v) is 16.6. The molecule has 0 aliphatic carbocycles. The highest BCUT2D eigenvalue weighted by atomic mass is 16.4. The predicted molar refractivity (Wildman–Crippen MR) is 118 cm³/mol. The van der Waals surface area contributed by atoms with Crippen LogP contribution in [0.3, 0.4) is 0 Å². The van der Waals surface area contributed by atoms with Gasteiger partial charge in [-0.25, -0.2) is 9.78 Å². The van der Waals surface area contributed by atoms with E-state index in [-0.39, 0.29) is 5.56 Å². The lowest BCUT2D eigenvalue weighted by Gasteiger charge is -2.13. The second-order valence-corrected chi connectivity index (χ2v) is 7.41. The molecule has 2 heterocycles. The normalized spacial score (nSPS) is 11.3. The summed E-state index contributed by atoms with van der Waals surface area (Å²) in [4.78, 5) is 27.4.